The van der Waals surface area contributed by atoms with Gasteiger partial charge < -0.3 is 4.74 Å². The Bertz CT molecular complexity index is 1030. The van der Waals surface area contributed by atoms with Crippen LogP contribution in [0.1, 0.15) is 30.5 Å². The summed E-state index contributed by atoms with van der Waals surface area (Å²) < 4.78 is 7.47. The highest BCUT2D eigenvalue weighted by Crippen LogP contribution is 2.19. The van der Waals surface area contributed by atoms with Gasteiger partial charge in [-0.1, -0.05) is 20.8 Å². The molecule has 0 aliphatic carbocycles. The zero-order chi connectivity index (χ0) is 19.5. The van der Waals surface area contributed by atoms with Gasteiger partial charge in [0.2, 0.25) is 0 Å². The Kier molecular flexibility index (Phi) is 6.34. The van der Waals surface area contributed by atoms with Gasteiger partial charge in [0.25, 0.3) is 5.56 Å². The van der Waals surface area contributed by atoms with E-state index in [9.17, 15) is 14.9 Å². The predicted molar refractivity (Wildman–Crippen MR) is 106 cm³/mol. The highest BCUT2D eigenvalue weighted by Gasteiger charge is 2.27. The van der Waals surface area contributed by atoms with Crippen molar-refractivity contribution in [2.45, 2.75) is 34.2 Å². The summed E-state index contributed by atoms with van der Waals surface area (Å²) in [6, 6.07) is 5.96. The van der Waals surface area contributed by atoms with Crippen LogP contribution in [-0.4, -0.2) is 24.1 Å². The Balaban J connectivity index is 2.80. The van der Waals surface area contributed by atoms with Crippen LogP contribution in [0, 0.1) is 23.7 Å². The first-order chi connectivity index (χ1) is 12.2. The summed E-state index contributed by atoms with van der Waals surface area (Å²) >= 11 is 2.77. The first-order valence-electron chi connectivity index (χ1n) is 8.15. The summed E-state index contributed by atoms with van der Waals surface area (Å²) in [6.07, 6.45) is 1.81. The number of thiophene rings is 1. The molecule has 138 valence electrons. The third-order valence-corrected chi connectivity index (χ3v) is 5.77. The Morgan fingerprint density at radius 3 is 2.54 bits per heavy atom. The van der Waals surface area contributed by atoms with Crippen molar-refractivity contribution in [2.75, 3.05) is 13.7 Å². The number of carbonyl (C=O) groups excluding carboxylic acids is 1. The molecule has 2 aromatic heterocycles. The monoisotopic (exact) mass is 390 g/mol. The van der Waals surface area contributed by atoms with E-state index in [-0.39, 0.29) is 16.9 Å². The molecule has 0 saturated carbocycles. The Labute approximate surface area is 160 Å². The van der Waals surface area contributed by atoms with Crippen molar-refractivity contribution in [3.63, 3.8) is 0 Å². The summed E-state index contributed by atoms with van der Waals surface area (Å²) in [5, 5.41) is 9.60. The maximum atomic E-state index is 12.9. The second-order valence-corrected chi connectivity index (χ2v) is 9.23. The topological polar surface area (TPSA) is 72.1 Å². The number of ketones is 1. The standard InChI is InChI=1S/C19H22N2O3S2/c1-12-6-7-13(25-12)10-15-17(23)21(8-9-24-5)18(26-15)14(11-20)16(22)19(2,3)4/h6-7,10H,8-9H2,1-5H3/b15-10-,18-14+. The Morgan fingerprint density at radius 2 is 2.04 bits per heavy atom. The zero-order valence-electron chi connectivity index (χ0n) is 15.6. The van der Waals surface area contributed by atoms with Gasteiger partial charge in [0.05, 0.1) is 17.7 Å². The van der Waals surface area contributed by atoms with E-state index in [1.54, 1.807) is 39.2 Å². The lowest BCUT2D eigenvalue weighted by molar-refractivity contribution is -0.120. The molecule has 0 amide bonds. The van der Waals surface area contributed by atoms with Gasteiger partial charge in [-0.2, -0.15) is 5.26 Å². The second kappa shape index (κ2) is 8.12. The van der Waals surface area contributed by atoms with E-state index >= 15 is 0 Å². The number of hydrogen-bond acceptors (Lipinski definition) is 6. The number of aryl methyl sites for hydroxylation is 1. The molecule has 0 N–H and O–H groups in total. The lowest BCUT2D eigenvalue weighted by Gasteiger charge is -2.15. The molecule has 0 fully saturated rings. The van der Waals surface area contributed by atoms with Gasteiger partial charge in [-0.3, -0.25) is 14.2 Å². The van der Waals surface area contributed by atoms with Crippen molar-refractivity contribution < 1.29 is 9.53 Å². The van der Waals surface area contributed by atoms with Gasteiger partial charge in [-0.15, -0.1) is 22.7 Å². The van der Waals surface area contributed by atoms with Crippen molar-refractivity contribution in [3.05, 3.63) is 41.4 Å². The van der Waals surface area contributed by atoms with Gasteiger partial charge in [-0.25, -0.2) is 0 Å². The number of hydrogen-bond donors (Lipinski definition) is 0. The van der Waals surface area contributed by atoms with Gasteiger partial charge in [0.15, 0.2) is 5.78 Å². The molecule has 0 aliphatic heterocycles. The van der Waals surface area contributed by atoms with Crippen LogP contribution < -0.4 is 14.8 Å². The maximum absolute atomic E-state index is 12.9. The van der Waals surface area contributed by atoms with Crippen molar-refractivity contribution >= 4 is 40.1 Å². The van der Waals surface area contributed by atoms with Crippen LogP contribution in [0.25, 0.3) is 11.6 Å². The molecule has 2 aromatic rings. The van der Waals surface area contributed by atoms with Gasteiger partial charge in [-0.05, 0) is 25.1 Å². The molecule has 0 aromatic carbocycles. The molecule has 7 heteroatoms. The quantitative estimate of drug-likeness (QED) is 0.783. The number of carbonyl (C=O) groups is 1. The zero-order valence-corrected chi connectivity index (χ0v) is 17.2. The van der Waals surface area contributed by atoms with E-state index in [0.29, 0.717) is 22.3 Å². The lowest BCUT2D eigenvalue weighted by atomic mass is 9.87. The molecule has 26 heavy (non-hydrogen) atoms. The summed E-state index contributed by atoms with van der Waals surface area (Å²) in [7, 11) is 1.55. The van der Waals surface area contributed by atoms with E-state index in [1.165, 1.54) is 15.9 Å². The number of nitrogens with zero attached hydrogens (tertiary/aromatic N) is 2. The molecule has 0 radical (unpaired) electrons. The van der Waals surface area contributed by atoms with Crippen LogP contribution in [0.3, 0.4) is 0 Å². The minimum absolute atomic E-state index is 0.0257. The fraction of sp³-hybridized carbons (Fsp3) is 0.421. The molecular formula is C19H22N2O3S2. The number of methoxy groups -OCH3 is 1. The molecule has 0 aliphatic rings. The van der Waals surface area contributed by atoms with E-state index in [1.807, 2.05) is 31.2 Å². The number of rotatable bonds is 5. The van der Waals surface area contributed by atoms with Crippen LogP contribution in [0.4, 0.5) is 0 Å². The van der Waals surface area contributed by atoms with Gasteiger partial charge in [0.1, 0.15) is 16.3 Å². The van der Waals surface area contributed by atoms with Crippen LogP contribution in [0.5, 0.6) is 0 Å². The van der Waals surface area contributed by atoms with Crippen LogP contribution in [0.15, 0.2) is 16.9 Å². The molecule has 0 unspecified atom stereocenters. The highest BCUT2D eigenvalue weighted by atomic mass is 32.1. The van der Waals surface area contributed by atoms with Gasteiger partial charge >= 0.3 is 0 Å². The Hall–Kier alpha value is -2.01. The molecule has 0 saturated heterocycles. The van der Waals surface area contributed by atoms with Crippen molar-refractivity contribution in [1.29, 1.82) is 5.26 Å². The van der Waals surface area contributed by atoms with Crippen LogP contribution in [0.2, 0.25) is 0 Å². The number of Topliss-reactive ketones (excluding diaryl/α,β-unsaturated/α-hetero) is 1. The number of ether oxygens (including phenoxy) is 1. The summed E-state index contributed by atoms with van der Waals surface area (Å²) in [6.45, 7) is 7.91. The minimum Gasteiger partial charge on any atom is -0.383 e. The van der Waals surface area contributed by atoms with E-state index in [0.717, 1.165) is 9.75 Å². The first-order valence-corrected chi connectivity index (χ1v) is 9.78. The second-order valence-electron chi connectivity index (χ2n) is 6.88. The fourth-order valence-corrected chi connectivity index (χ4v) is 4.33. The average molecular weight is 391 g/mol. The molecule has 0 spiro atoms. The largest absolute Gasteiger partial charge is 0.383 e. The maximum Gasteiger partial charge on any atom is 0.269 e. The first kappa shape index (κ1) is 20.3. The SMILES string of the molecule is COCCn1c(=O)/c(=C/c2ccc(C)s2)s/c1=C(\C#N)C(=O)C(C)(C)C. The average Bonchev–Trinajstić information content (AvgIpc) is 3.10. The highest BCUT2D eigenvalue weighted by molar-refractivity contribution is 7.13. The molecular weight excluding hydrogens is 368 g/mol. The smallest absolute Gasteiger partial charge is 0.269 e. The van der Waals surface area contributed by atoms with E-state index in [4.69, 9.17) is 4.74 Å². The molecule has 2 heterocycles. The molecule has 0 bridgehead atoms. The third kappa shape index (κ3) is 4.39. The van der Waals surface area contributed by atoms with E-state index in [2.05, 4.69) is 0 Å². The lowest BCUT2D eigenvalue weighted by Crippen LogP contribution is -2.35. The normalized spacial score (nSPS) is 13.6. The number of nitriles is 1. The molecule has 5 nitrogen and oxygen atoms in total. The summed E-state index contributed by atoms with van der Waals surface area (Å²) in [5.41, 5.74) is -0.883. The van der Waals surface area contributed by atoms with Crippen LogP contribution in [-0.2, 0) is 16.1 Å². The summed E-state index contributed by atoms with van der Waals surface area (Å²) in [4.78, 5) is 27.7. The van der Waals surface area contributed by atoms with Gasteiger partial charge in [0, 0.05) is 22.3 Å². The Morgan fingerprint density at radius 1 is 1.35 bits per heavy atom. The minimum atomic E-state index is -0.702. The summed E-state index contributed by atoms with van der Waals surface area (Å²) in [5.74, 6) is -0.272. The van der Waals surface area contributed by atoms with E-state index < -0.39 is 5.41 Å². The number of aromatic nitrogens is 1. The van der Waals surface area contributed by atoms with Crippen LogP contribution >= 0.6 is 22.7 Å². The fourth-order valence-electron chi connectivity index (χ4n) is 2.32. The third-order valence-electron chi connectivity index (χ3n) is 3.70. The molecule has 2 rings (SSSR count). The van der Waals surface area contributed by atoms with Crippen molar-refractivity contribution in [2.24, 2.45) is 5.41 Å². The number of thiazole rings is 1. The van der Waals surface area contributed by atoms with Crippen molar-refractivity contribution in [1.82, 2.24) is 4.57 Å². The van der Waals surface area contributed by atoms with Crippen molar-refractivity contribution in [3.8, 4) is 6.07 Å². The molecule has 0 atom stereocenters. The predicted octanol–water partition coefficient (Wildman–Crippen LogP) is 2.04.